The van der Waals surface area contributed by atoms with E-state index >= 15 is 0 Å². The van der Waals surface area contributed by atoms with Crippen LogP contribution >= 0.6 is 0 Å². The van der Waals surface area contributed by atoms with Gasteiger partial charge in [-0.05, 0) is 32.9 Å². The second-order valence-electron chi connectivity index (χ2n) is 8.33. The van der Waals surface area contributed by atoms with E-state index in [-0.39, 0.29) is 16.9 Å². The van der Waals surface area contributed by atoms with Crippen LogP contribution in [0.15, 0.2) is 24.5 Å². The summed E-state index contributed by atoms with van der Waals surface area (Å²) in [4.78, 5) is 14.5. The molecule has 2 aromatic heterocycles. The minimum atomic E-state index is -0.364. The third-order valence-electron chi connectivity index (χ3n) is 4.14. The molecule has 3 heterocycles. The Morgan fingerprint density at radius 2 is 1.65 bits per heavy atom. The van der Waals surface area contributed by atoms with Crippen molar-refractivity contribution in [2.24, 2.45) is 5.41 Å². The van der Waals surface area contributed by atoms with E-state index < -0.39 is 0 Å². The Morgan fingerprint density at radius 3 is 2.17 bits per heavy atom. The Hall–Kier alpha value is -2.04. The van der Waals surface area contributed by atoms with Crippen molar-refractivity contribution in [3.63, 3.8) is 0 Å². The van der Waals surface area contributed by atoms with Gasteiger partial charge in [0.1, 0.15) is 5.82 Å². The largest absolute Gasteiger partial charge is 0.332 e. The van der Waals surface area contributed by atoms with Gasteiger partial charge in [0, 0.05) is 23.4 Å². The number of carbonyl (C=O) groups is 1. The first-order valence-electron chi connectivity index (χ1n) is 8.13. The van der Waals surface area contributed by atoms with Crippen LogP contribution in [-0.4, -0.2) is 25.2 Å². The Kier molecular flexibility index (Phi) is 3.43. The van der Waals surface area contributed by atoms with Gasteiger partial charge in [0.25, 0.3) is 0 Å². The fourth-order valence-corrected chi connectivity index (χ4v) is 3.03. The second-order valence-corrected chi connectivity index (χ2v) is 8.33. The molecule has 0 aromatic carbocycles. The maximum atomic E-state index is 12.6. The fraction of sp³-hybridized carbons (Fsp3) is 0.556. The van der Waals surface area contributed by atoms with Crippen LogP contribution in [0.2, 0.25) is 0 Å². The van der Waals surface area contributed by atoms with Crippen molar-refractivity contribution in [1.82, 2.24) is 19.2 Å². The molecule has 0 spiro atoms. The molecule has 0 unspecified atom stereocenters. The predicted molar refractivity (Wildman–Crippen MR) is 90.3 cm³/mol. The molecule has 0 bridgehead atoms. The highest BCUT2D eigenvalue weighted by Gasteiger charge is 2.36. The predicted octanol–water partition coefficient (Wildman–Crippen LogP) is 3.32. The first-order chi connectivity index (χ1) is 10.6. The maximum Gasteiger partial charge on any atom is 0.228 e. The van der Waals surface area contributed by atoms with E-state index in [4.69, 9.17) is 5.10 Å². The van der Waals surface area contributed by atoms with Gasteiger partial charge in [-0.15, -0.1) is 0 Å². The zero-order valence-electron chi connectivity index (χ0n) is 14.9. The van der Waals surface area contributed by atoms with Crippen molar-refractivity contribution in [1.29, 1.82) is 0 Å². The summed E-state index contributed by atoms with van der Waals surface area (Å²) in [6.45, 7) is 13.6. The number of fused-ring (bicyclic) bond motifs is 1. The monoisotopic (exact) mass is 314 g/mol. The lowest BCUT2D eigenvalue weighted by Crippen LogP contribution is -2.36. The van der Waals surface area contributed by atoms with E-state index in [1.165, 1.54) is 0 Å². The molecular formula is C18H26N4O. The highest BCUT2D eigenvalue weighted by molar-refractivity contribution is 5.82. The number of nitrogens with zero attached hydrogens (tertiary/aromatic N) is 4. The average molecular weight is 314 g/mol. The van der Waals surface area contributed by atoms with Gasteiger partial charge in [-0.2, -0.15) is 5.10 Å². The number of amides is 1. The van der Waals surface area contributed by atoms with Gasteiger partial charge in [0.15, 0.2) is 0 Å². The number of hydrogen-bond acceptors (Lipinski definition) is 2. The molecule has 0 N–H and O–H groups in total. The van der Waals surface area contributed by atoms with Crippen LogP contribution in [0.4, 0.5) is 0 Å². The first-order valence-corrected chi connectivity index (χ1v) is 8.13. The molecular weight excluding hydrogens is 288 g/mol. The van der Waals surface area contributed by atoms with E-state index in [0.29, 0.717) is 13.1 Å². The summed E-state index contributed by atoms with van der Waals surface area (Å²) in [5, 5.41) is 4.83. The van der Waals surface area contributed by atoms with Crippen LogP contribution in [0.25, 0.3) is 5.82 Å². The summed E-state index contributed by atoms with van der Waals surface area (Å²) in [7, 11) is 0. The minimum Gasteiger partial charge on any atom is -0.332 e. The summed E-state index contributed by atoms with van der Waals surface area (Å²) in [6.07, 6.45) is 4.07. The lowest BCUT2D eigenvalue weighted by molar-refractivity contribution is -0.140. The molecule has 1 aliphatic rings. The number of hydrogen-bond donors (Lipinski definition) is 0. The lowest BCUT2D eigenvalue weighted by atomic mass is 9.95. The zero-order chi connectivity index (χ0) is 17.0. The zero-order valence-corrected chi connectivity index (χ0v) is 14.9. The quantitative estimate of drug-likeness (QED) is 0.810. The van der Waals surface area contributed by atoms with Crippen molar-refractivity contribution >= 4 is 5.91 Å². The van der Waals surface area contributed by atoms with Crippen molar-refractivity contribution < 1.29 is 4.79 Å². The van der Waals surface area contributed by atoms with Crippen molar-refractivity contribution in [3.05, 3.63) is 35.8 Å². The Morgan fingerprint density at radius 1 is 1.04 bits per heavy atom. The van der Waals surface area contributed by atoms with Crippen LogP contribution in [0, 0.1) is 5.41 Å². The molecule has 0 saturated carbocycles. The molecule has 2 aromatic rings. The van der Waals surface area contributed by atoms with Gasteiger partial charge >= 0.3 is 0 Å². The SMILES string of the molecule is CC(C)(C)C(=O)N1Cc2nn(C(C)(C)C)c(-n3cccc3)c2C1. The fourth-order valence-electron chi connectivity index (χ4n) is 3.03. The van der Waals surface area contributed by atoms with E-state index in [0.717, 1.165) is 17.1 Å². The molecule has 0 radical (unpaired) electrons. The minimum absolute atomic E-state index is 0.108. The molecule has 23 heavy (non-hydrogen) atoms. The van der Waals surface area contributed by atoms with Gasteiger partial charge in [0.05, 0.1) is 24.3 Å². The normalized spacial score (nSPS) is 15.1. The van der Waals surface area contributed by atoms with Crippen LogP contribution in [0.1, 0.15) is 52.8 Å². The highest BCUT2D eigenvalue weighted by Crippen LogP contribution is 2.33. The number of carbonyl (C=O) groups excluding carboxylic acids is 1. The smallest absolute Gasteiger partial charge is 0.228 e. The van der Waals surface area contributed by atoms with E-state index in [9.17, 15) is 4.79 Å². The third-order valence-corrected chi connectivity index (χ3v) is 4.14. The third kappa shape index (κ3) is 2.69. The van der Waals surface area contributed by atoms with Gasteiger partial charge < -0.3 is 9.47 Å². The second kappa shape index (κ2) is 4.98. The summed E-state index contributed by atoms with van der Waals surface area (Å²) in [5.74, 6) is 1.25. The molecule has 3 rings (SSSR count). The topological polar surface area (TPSA) is 43.1 Å². The van der Waals surface area contributed by atoms with Crippen molar-refractivity contribution in [2.45, 2.75) is 60.2 Å². The van der Waals surface area contributed by atoms with E-state index in [1.54, 1.807) is 0 Å². The molecule has 0 fully saturated rings. The first kappa shape index (κ1) is 15.8. The molecule has 5 heteroatoms. The summed E-state index contributed by atoms with van der Waals surface area (Å²) < 4.78 is 4.18. The number of rotatable bonds is 1. The Labute approximate surface area is 137 Å². The lowest BCUT2D eigenvalue weighted by Gasteiger charge is -2.27. The Bertz CT molecular complexity index is 726. The molecule has 5 nitrogen and oxygen atoms in total. The standard InChI is InChI=1S/C18H26N4O/c1-17(2,3)16(23)21-11-13-14(12-21)19-22(18(4,5)6)15(13)20-9-7-8-10-20/h7-10H,11-12H2,1-6H3. The Balaban J connectivity index is 2.04. The van der Waals surface area contributed by atoms with Gasteiger partial charge in [-0.3, -0.25) is 4.79 Å². The summed E-state index contributed by atoms with van der Waals surface area (Å²) in [5.41, 5.74) is 1.70. The molecule has 0 aliphatic carbocycles. The molecule has 1 aliphatic heterocycles. The molecule has 1 amide bonds. The van der Waals surface area contributed by atoms with Gasteiger partial charge in [-0.1, -0.05) is 20.8 Å². The number of aromatic nitrogens is 3. The van der Waals surface area contributed by atoms with Crippen molar-refractivity contribution in [3.8, 4) is 5.82 Å². The molecule has 0 saturated heterocycles. The van der Waals surface area contributed by atoms with Crippen LogP contribution < -0.4 is 0 Å². The highest BCUT2D eigenvalue weighted by atomic mass is 16.2. The van der Waals surface area contributed by atoms with Crippen molar-refractivity contribution in [2.75, 3.05) is 0 Å². The molecule has 124 valence electrons. The molecule has 0 atom stereocenters. The maximum absolute atomic E-state index is 12.6. The summed E-state index contributed by atoms with van der Waals surface area (Å²) in [6, 6.07) is 4.03. The van der Waals surface area contributed by atoms with Gasteiger partial charge in [-0.25, -0.2) is 4.68 Å². The van der Waals surface area contributed by atoms with Crippen LogP contribution in [-0.2, 0) is 23.4 Å². The van der Waals surface area contributed by atoms with Crippen LogP contribution in [0.5, 0.6) is 0 Å². The van der Waals surface area contributed by atoms with Crippen LogP contribution in [0.3, 0.4) is 0 Å². The van der Waals surface area contributed by atoms with E-state index in [1.807, 2.05) is 50.2 Å². The summed E-state index contributed by atoms with van der Waals surface area (Å²) >= 11 is 0. The van der Waals surface area contributed by atoms with E-state index in [2.05, 4.69) is 30.0 Å². The van der Waals surface area contributed by atoms with Gasteiger partial charge in [0.2, 0.25) is 5.91 Å². The average Bonchev–Trinajstić information content (AvgIpc) is 3.09.